The van der Waals surface area contributed by atoms with Crippen molar-refractivity contribution >= 4 is 0 Å². The highest BCUT2D eigenvalue weighted by atomic mass is 16.7. The average molecular weight is 138 g/mol. The molecule has 10 heavy (non-hydrogen) atoms. The van der Waals surface area contributed by atoms with Crippen LogP contribution in [0.3, 0.4) is 0 Å². The number of epoxide rings is 2. The Morgan fingerprint density at radius 2 is 2.20 bits per heavy atom. The van der Waals surface area contributed by atoms with E-state index in [1.54, 1.807) is 0 Å². The Morgan fingerprint density at radius 3 is 2.90 bits per heavy atom. The first kappa shape index (κ1) is 5.33. The molecule has 0 N–H and O–H groups in total. The fourth-order valence-corrected chi connectivity index (χ4v) is 1.95. The Bertz CT molecular complexity index is 235. The van der Waals surface area contributed by atoms with E-state index in [2.05, 4.69) is 26.0 Å². The van der Waals surface area contributed by atoms with Gasteiger partial charge in [0.05, 0.1) is 0 Å². The molecule has 2 aliphatic heterocycles. The maximum Gasteiger partial charge on any atom is 0.128 e. The highest BCUT2D eigenvalue weighted by Gasteiger charge is 2.75. The first-order chi connectivity index (χ1) is 4.66. The van der Waals surface area contributed by atoms with Crippen molar-refractivity contribution in [1.29, 1.82) is 0 Å². The summed E-state index contributed by atoms with van der Waals surface area (Å²) in [7, 11) is 0. The van der Waals surface area contributed by atoms with Gasteiger partial charge in [0.2, 0.25) is 0 Å². The predicted octanol–water partition coefficient (Wildman–Crippen LogP) is 0.871. The molecule has 4 atom stereocenters. The summed E-state index contributed by atoms with van der Waals surface area (Å²) in [5.41, 5.74) is -0.00289. The lowest BCUT2D eigenvalue weighted by molar-refractivity contribution is 0.242. The van der Waals surface area contributed by atoms with E-state index in [4.69, 9.17) is 9.47 Å². The van der Waals surface area contributed by atoms with Crippen molar-refractivity contribution in [2.24, 2.45) is 0 Å². The average Bonchev–Trinajstić information content (AvgIpc) is 2.64. The summed E-state index contributed by atoms with van der Waals surface area (Å²) < 4.78 is 11.0. The molecule has 54 valence electrons. The summed E-state index contributed by atoms with van der Waals surface area (Å²) in [4.78, 5) is 0. The second-order valence-corrected chi connectivity index (χ2v) is 3.70. The van der Waals surface area contributed by atoms with Gasteiger partial charge < -0.3 is 9.47 Å². The molecule has 0 bridgehead atoms. The smallest absolute Gasteiger partial charge is 0.128 e. The first-order valence-corrected chi connectivity index (χ1v) is 3.71. The Balaban J connectivity index is 2.09. The van der Waals surface area contributed by atoms with Crippen LogP contribution in [0.1, 0.15) is 13.8 Å². The van der Waals surface area contributed by atoms with Crippen LogP contribution in [-0.2, 0) is 9.47 Å². The lowest BCUT2D eigenvalue weighted by Gasteiger charge is -2.07. The third-order valence-corrected chi connectivity index (χ3v) is 3.04. The highest BCUT2D eigenvalue weighted by Crippen LogP contribution is 2.60. The zero-order valence-corrected chi connectivity index (χ0v) is 6.13. The topological polar surface area (TPSA) is 25.1 Å². The van der Waals surface area contributed by atoms with Crippen LogP contribution in [0.2, 0.25) is 0 Å². The van der Waals surface area contributed by atoms with Crippen LogP contribution in [0.4, 0.5) is 0 Å². The van der Waals surface area contributed by atoms with Crippen LogP contribution in [-0.4, -0.2) is 23.4 Å². The number of hydrogen-bond donors (Lipinski definition) is 0. The van der Waals surface area contributed by atoms with E-state index >= 15 is 0 Å². The number of rotatable bonds is 0. The van der Waals surface area contributed by atoms with Crippen molar-refractivity contribution in [1.82, 2.24) is 0 Å². The Labute approximate surface area is 59.8 Å². The fourth-order valence-electron chi connectivity index (χ4n) is 1.95. The molecule has 2 nitrogen and oxygen atoms in total. The SMILES string of the molecule is CC12C=CC3OC3C1(C)O2. The zero-order valence-electron chi connectivity index (χ0n) is 6.13. The molecule has 2 heterocycles. The van der Waals surface area contributed by atoms with Crippen LogP contribution in [0.5, 0.6) is 0 Å². The molecule has 0 radical (unpaired) electrons. The third kappa shape index (κ3) is 0.361. The summed E-state index contributed by atoms with van der Waals surface area (Å²) in [5, 5.41) is 0. The summed E-state index contributed by atoms with van der Waals surface area (Å²) >= 11 is 0. The molecule has 0 amide bonds. The third-order valence-electron chi connectivity index (χ3n) is 3.04. The summed E-state index contributed by atoms with van der Waals surface area (Å²) in [6, 6.07) is 0. The lowest BCUT2D eigenvalue weighted by Crippen LogP contribution is -2.28. The first-order valence-electron chi connectivity index (χ1n) is 3.71. The van der Waals surface area contributed by atoms with E-state index < -0.39 is 0 Å². The van der Waals surface area contributed by atoms with Gasteiger partial charge in [-0.25, -0.2) is 0 Å². The molecule has 0 aromatic carbocycles. The molecule has 1 aliphatic carbocycles. The second-order valence-electron chi connectivity index (χ2n) is 3.70. The molecule has 0 spiro atoms. The minimum atomic E-state index is -0.00926. The van der Waals surface area contributed by atoms with E-state index in [0.29, 0.717) is 12.2 Å². The van der Waals surface area contributed by atoms with Crippen molar-refractivity contribution in [3.05, 3.63) is 12.2 Å². The Kier molecular flexibility index (Phi) is 0.577. The lowest BCUT2D eigenvalue weighted by atomic mass is 9.87. The molecule has 3 rings (SSSR count). The monoisotopic (exact) mass is 138 g/mol. The molecule has 2 heteroatoms. The van der Waals surface area contributed by atoms with Crippen LogP contribution in [0.15, 0.2) is 12.2 Å². The van der Waals surface area contributed by atoms with Crippen LogP contribution in [0, 0.1) is 0 Å². The minimum Gasteiger partial charge on any atom is -0.362 e. The van der Waals surface area contributed by atoms with E-state index in [-0.39, 0.29) is 11.2 Å². The second kappa shape index (κ2) is 1.08. The molecule has 3 aliphatic rings. The largest absolute Gasteiger partial charge is 0.362 e. The van der Waals surface area contributed by atoms with Crippen LogP contribution < -0.4 is 0 Å². The Morgan fingerprint density at radius 1 is 1.40 bits per heavy atom. The molecule has 4 unspecified atom stereocenters. The van der Waals surface area contributed by atoms with E-state index in [9.17, 15) is 0 Å². The van der Waals surface area contributed by atoms with Gasteiger partial charge in [-0.15, -0.1) is 0 Å². The van der Waals surface area contributed by atoms with Crippen molar-refractivity contribution in [2.45, 2.75) is 37.3 Å². The van der Waals surface area contributed by atoms with Crippen molar-refractivity contribution < 1.29 is 9.47 Å². The normalized spacial score (nSPS) is 68.6. The van der Waals surface area contributed by atoms with Gasteiger partial charge in [0, 0.05) is 0 Å². The quantitative estimate of drug-likeness (QED) is 0.366. The van der Waals surface area contributed by atoms with Gasteiger partial charge in [-0.3, -0.25) is 0 Å². The molecule has 0 saturated carbocycles. The van der Waals surface area contributed by atoms with E-state index in [0.717, 1.165) is 0 Å². The van der Waals surface area contributed by atoms with Gasteiger partial charge in [-0.2, -0.15) is 0 Å². The van der Waals surface area contributed by atoms with Gasteiger partial charge >= 0.3 is 0 Å². The predicted molar refractivity (Wildman–Crippen MR) is 35.7 cm³/mol. The van der Waals surface area contributed by atoms with Crippen molar-refractivity contribution in [3.63, 3.8) is 0 Å². The zero-order chi connectivity index (χ0) is 6.98. The maximum absolute atomic E-state index is 5.59. The minimum absolute atomic E-state index is 0.00637. The maximum atomic E-state index is 5.59. The van der Waals surface area contributed by atoms with Crippen LogP contribution >= 0.6 is 0 Å². The Hall–Kier alpha value is -0.340. The number of fused-ring (bicyclic) bond motifs is 3. The standard InChI is InChI=1S/C8H10O2/c1-7-4-3-5-6(9-5)8(7,2)10-7/h3-6H,1-2H3. The van der Waals surface area contributed by atoms with Gasteiger partial charge in [-0.1, -0.05) is 12.2 Å². The summed E-state index contributed by atoms with van der Waals surface area (Å²) in [6.45, 7) is 4.24. The number of ether oxygens (including phenoxy) is 2. The molecule has 0 aromatic rings. The molecule has 0 aromatic heterocycles. The fraction of sp³-hybridized carbons (Fsp3) is 0.750. The van der Waals surface area contributed by atoms with Crippen molar-refractivity contribution in [2.75, 3.05) is 0 Å². The van der Waals surface area contributed by atoms with E-state index in [1.807, 2.05) is 0 Å². The van der Waals surface area contributed by atoms with Gasteiger partial charge in [0.15, 0.2) is 0 Å². The molecular weight excluding hydrogens is 128 g/mol. The van der Waals surface area contributed by atoms with Gasteiger partial charge in [0.25, 0.3) is 0 Å². The highest BCUT2D eigenvalue weighted by molar-refractivity contribution is 5.35. The van der Waals surface area contributed by atoms with E-state index in [1.165, 1.54) is 0 Å². The number of hydrogen-bond acceptors (Lipinski definition) is 2. The molecular formula is C8H10O2. The van der Waals surface area contributed by atoms with Crippen LogP contribution in [0.25, 0.3) is 0 Å². The molecule has 2 fully saturated rings. The van der Waals surface area contributed by atoms with Gasteiger partial charge in [-0.05, 0) is 13.8 Å². The molecule has 2 saturated heterocycles. The summed E-state index contributed by atoms with van der Waals surface area (Å²) in [6.07, 6.45) is 4.95. The van der Waals surface area contributed by atoms with Crippen molar-refractivity contribution in [3.8, 4) is 0 Å². The summed E-state index contributed by atoms with van der Waals surface area (Å²) in [5.74, 6) is 0. The van der Waals surface area contributed by atoms with Gasteiger partial charge in [0.1, 0.15) is 23.4 Å².